The van der Waals surface area contributed by atoms with Crippen LogP contribution in [0.3, 0.4) is 0 Å². The SMILES string of the molecule is CC(=O)c1cn2ncc(Cl)c2nc1C. The van der Waals surface area contributed by atoms with Crippen molar-refractivity contribution in [2.45, 2.75) is 13.8 Å². The van der Waals surface area contributed by atoms with Gasteiger partial charge in [-0.05, 0) is 13.8 Å². The predicted molar refractivity (Wildman–Crippen MR) is 52.7 cm³/mol. The maximum atomic E-state index is 11.2. The van der Waals surface area contributed by atoms with E-state index in [1.165, 1.54) is 17.6 Å². The first-order valence-electron chi connectivity index (χ1n) is 4.11. The van der Waals surface area contributed by atoms with E-state index in [2.05, 4.69) is 10.1 Å². The number of halogens is 1. The fraction of sp³-hybridized carbons (Fsp3) is 0.222. The molecule has 0 unspecified atom stereocenters. The van der Waals surface area contributed by atoms with Gasteiger partial charge in [0.1, 0.15) is 5.02 Å². The number of aromatic nitrogens is 3. The minimum atomic E-state index is -0.0245. The van der Waals surface area contributed by atoms with Crippen LogP contribution in [-0.4, -0.2) is 20.4 Å². The molecule has 0 atom stereocenters. The Morgan fingerprint density at radius 3 is 2.93 bits per heavy atom. The molecule has 0 amide bonds. The third-order valence-electron chi connectivity index (χ3n) is 2.02. The summed E-state index contributed by atoms with van der Waals surface area (Å²) in [4.78, 5) is 15.4. The summed E-state index contributed by atoms with van der Waals surface area (Å²) in [6.07, 6.45) is 3.15. The Labute approximate surface area is 85.5 Å². The lowest BCUT2D eigenvalue weighted by atomic mass is 10.2. The highest BCUT2D eigenvalue weighted by Crippen LogP contribution is 2.16. The third kappa shape index (κ3) is 1.28. The van der Waals surface area contributed by atoms with Gasteiger partial charge in [0.15, 0.2) is 11.4 Å². The molecule has 0 aliphatic heterocycles. The summed E-state index contributed by atoms with van der Waals surface area (Å²) in [5, 5.41) is 4.46. The van der Waals surface area contributed by atoms with E-state index in [9.17, 15) is 4.79 Å². The normalized spacial score (nSPS) is 10.8. The fourth-order valence-corrected chi connectivity index (χ4v) is 1.49. The molecule has 72 valence electrons. The molecular weight excluding hydrogens is 202 g/mol. The van der Waals surface area contributed by atoms with Gasteiger partial charge >= 0.3 is 0 Å². The van der Waals surface area contributed by atoms with Crippen molar-refractivity contribution in [1.82, 2.24) is 14.6 Å². The molecule has 0 fully saturated rings. The largest absolute Gasteiger partial charge is 0.294 e. The number of fused-ring (bicyclic) bond motifs is 1. The van der Waals surface area contributed by atoms with E-state index >= 15 is 0 Å². The zero-order chi connectivity index (χ0) is 10.3. The quantitative estimate of drug-likeness (QED) is 0.674. The summed E-state index contributed by atoms with van der Waals surface area (Å²) in [6, 6.07) is 0. The van der Waals surface area contributed by atoms with Gasteiger partial charge < -0.3 is 0 Å². The molecule has 4 nitrogen and oxygen atoms in total. The van der Waals surface area contributed by atoms with E-state index in [1.807, 2.05) is 0 Å². The molecule has 0 aliphatic rings. The van der Waals surface area contributed by atoms with E-state index in [4.69, 9.17) is 11.6 Å². The van der Waals surface area contributed by atoms with Crippen LogP contribution in [0.4, 0.5) is 0 Å². The van der Waals surface area contributed by atoms with E-state index in [0.29, 0.717) is 21.9 Å². The molecule has 0 spiro atoms. The van der Waals surface area contributed by atoms with Crippen molar-refractivity contribution in [2.24, 2.45) is 0 Å². The summed E-state index contributed by atoms with van der Waals surface area (Å²) >= 11 is 5.85. The summed E-state index contributed by atoms with van der Waals surface area (Å²) in [5.41, 5.74) is 1.82. The second-order valence-corrected chi connectivity index (χ2v) is 3.46. The molecule has 0 aromatic carbocycles. The van der Waals surface area contributed by atoms with Crippen LogP contribution >= 0.6 is 11.6 Å². The smallest absolute Gasteiger partial charge is 0.174 e. The first kappa shape index (κ1) is 9.15. The van der Waals surface area contributed by atoms with Crippen LogP contribution in [-0.2, 0) is 0 Å². The van der Waals surface area contributed by atoms with Crippen LogP contribution in [0.2, 0.25) is 5.02 Å². The third-order valence-corrected chi connectivity index (χ3v) is 2.29. The van der Waals surface area contributed by atoms with Crippen LogP contribution in [0.15, 0.2) is 12.4 Å². The Kier molecular flexibility index (Phi) is 2.00. The molecule has 0 saturated carbocycles. The Hall–Kier alpha value is -1.42. The van der Waals surface area contributed by atoms with Gasteiger partial charge in [0.2, 0.25) is 0 Å². The predicted octanol–water partition coefficient (Wildman–Crippen LogP) is 1.89. The van der Waals surface area contributed by atoms with Gasteiger partial charge in [0.25, 0.3) is 0 Å². The van der Waals surface area contributed by atoms with Crippen LogP contribution in [0, 0.1) is 6.92 Å². The van der Waals surface area contributed by atoms with Gasteiger partial charge in [0.05, 0.1) is 17.5 Å². The molecule has 2 aromatic heterocycles. The number of hydrogen-bond acceptors (Lipinski definition) is 3. The number of carbonyl (C=O) groups is 1. The van der Waals surface area contributed by atoms with Gasteiger partial charge in [-0.2, -0.15) is 5.10 Å². The molecule has 5 heteroatoms. The van der Waals surface area contributed by atoms with Crippen LogP contribution in [0.25, 0.3) is 5.65 Å². The Morgan fingerprint density at radius 1 is 1.57 bits per heavy atom. The lowest BCUT2D eigenvalue weighted by Gasteiger charge is -2.01. The molecule has 0 saturated heterocycles. The van der Waals surface area contributed by atoms with Crippen LogP contribution < -0.4 is 0 Å². The Balaban J connectivity index is 2.79. The number of hydrogen-bond donors (Lipinski definition) is 0. The second kappa shape index (κ2) is 3.06. The lowest BCUT2D eigenvalue weighted by Crippen LogP contribution is -2.03. The van der Waals surface area contributed by atoms with Crippen molar-refractivity contribution in [3.8, 4) is 0 Å². The monoisotopic (exact) mass is 209 g/mol. The highest BCUT2D eigenvalue weighted by atomic mass is 35.5. The first-order valence-corrected chi connectivity index (χ1v) is 4.49. The summed E-state index contributed by atoms with van der Waals surface area (Å²) < 4.78 is 1.51. The van der Waals surface area contributed by atoms with E-state index in [1.54, 1.807) is 13.1 Å². The number of rotatable bonds is 1. The van der Waals surface area contributed by atoms with E-state index < -0.39 is 0 Å². The summed E-state index contributed by atoms with van der Waals surface area (Å²) in [5.74, 6) is -0.0245. The number of ketones is 1. The Bertz CT molecular complexity index is 518. The number of carbonyl (C=O) groups excluding carboxylic acids is 1. The van der Waals surface area contributed by atoms with Gasteiger partial charge in [-0.3, -0.25) is 4.79 Å². The maximum Gasteiger partial charge on any atom is 0.174 e. The molecule has 2 aromatic rings. The van der Waals surface area contributed by atoms with Crippen molar-refractivity contribution < 1.29 is 4.79 Å². The molecule has 0 radical (unpaired) electrons. The minimum absolute atomic E-state index is 0.0245. The number of Topliss-reactive ketones (excluding diaryl/α,β-unsaturated/α-hetero) is 1. The molecule has 2 rings (SSSR count). The average molecular weight is 210 g/mol. The molecule has 14 heavy (non-hydrogen) atoms. The fourth-order valence-electron chi connectivity index (χ4n) is 1.31. The van der Waals surface area contributed by atoms with Crippen molar-refractivity contribution in [3.63, 3.8) is 0 Å². The van der Waals surface area contributed by atoms with Crippen molar-refractivity contribution in [2.75, 3.05) is 0 Å². The van der Waals surface area contributed by atoms with Crippen LogP contribution in [0.5, 0.6) is 0 Å². The van der Waals surface area contributed by atoms with E-state index in [-0.39, 0.29) is 5.78 Å². The van der Waals surface area contributed by atoms with Crippen LogP contribution in [0.1, 0.15) is 23.0 Å². The standard InChI is InChI=1S/C9H8ClN3O/c1-5-7(6(2)14)4-13-9(12-5)8(10)3-11-13/h3-4H,1-2H3. The highest BCUT2D eigenvalue weighted by molar-refractivity contribution is 6.33. The number of nitrogens with zero attached hydrogens (tertiary/aromatic N) is 3. The van der Waals surface area contributed by atoms with Crippen molar-refractivity contribution in [1.29, 1.82) is 0 Å². The average Bonchev–Trinajstić information content (AvgIpc) is 2.46. The highest BCUT2D eigenvalue weighted by Gasteiger charge is 2.10. The summed E-state index contributed by atoms with van der Waals surface area (Å²) in [7, 11) is 0. The molecule has 2 heterocycles. The topological polar surface area (TPSA) is 47.3 Å². The van der Waals surface area contributed by atoms with Crippen molar-refractivity contribution in [3.05, 3.63) is 28.7 Å². The maximum absolute atomic E-state index is 11.2. The minimum Gasteiger partial charge on any atom is -0.294 e. The van der Waals surface area contributed by atoms with E-state index in [0.717, 1.165) is 0 Å². The van der Waals surface area contributed by atoms with Gasteiger partial charge in [-0.1, -0.05) is 11.6 Å². The van der Waals surface area contributed by atoms with Gasteiger partial charge in [-0.15, -0.1) is 0 Å². The van der Waals surface area contributed by atoms with Gasteiger partial charge in [0, 0.05) is 6.20 Å². The lowest BCUT2D eigenvalue weighted by molar-refractivity contribution is 0.101. The molecule has 0 N–H and O–H groups in total. The number of aryl methyl sites for hydroxylation is 1. The molecular formula is C9H8ClN3O. The second-order valence-electron chi connectivity index (χ2n) is 3.06. The molecule has 0 bridgehead atoms. The molecule has 0 aliphatic carbocycles. The first-order chi connectivity index (χ1) is 6.59. The van der Waals surface area contributed by atoms with Crippen molar-refractivity contribution >= 4 is 23.0 Å². The zero-order valence-electron chi connectivity index (χ0n) is 7.78. The zero-order valence-corrected chi connectivity index (χ0v) is 8.54. The Morgan fingerprint density at radius 2 is 2.29 bits per heavy atom. The summed E-state index contributed by atoms with van der Waals surface area (Å²) in [6.45, 7) is 3.28. The van der Waals surface area contributed by atoms with Gasteiger partial charge in [-0.25, -0.2) is 9.50 Å².